The van der Waals surface area contributed by atoms with Crippen LogP contribution >= 0.6 is 0 Å². The van der Waals surface area contributed by atoms with Crippen LogP contribution in [0.2, 0.25) is 0 Å². The van der Waals surface area contributed by atoms with Gasteiger partial charge in [0.25, 0.3) is 0 Å². The first kappa shape index (κ1) is 13.6. The van der Waals surface area contributed by atoms with Crippen molar-refractivity contribution in [3.8, 4) is 0 Å². The number of rotatable bonds is 3. The molecule has 2 N–H and O–H groups in total. The Kier molecular flexibility index (Phi) is 2.91. The van der Waals surface area contributed by atoms with Crippen LogP contribution in [0.25, 0.3) is 0 Å². The van der Waals surface area contributed by atoms with Crippen molar-refractivity contribution >= 4 is 5.69 Å². The first-order chi connectivity index (χ1) is 10.0. The summed E-state index contributed by atoms with van der Waals surface area (Å²) < 4.78 is 0. The average Bonchev–Trinajstić information content (AvgIpc) is 3.09. The normalized spacial score (nSPS) is 35.8. The predicted molar refractivity (Wildman–Crippen MR) is 88.5 cm³/mol. The maximum atomic E-state index is 3.95. The molecule has 2 heteroatoms. The summed E-state index contributed by atoms with van der Waals surface area (Å²) in [5, 5.41) is 7.52. The molecular weight excluding hydrogens is 256 g/mol. The number of fused-ring (bicyclic) bond motifs is 3. The number of nitrogens with one attached hydrogen (secondary N) is 2. The summed E-state index contributed by atoms with van der Waals surface area (Å²) in [5.41, 5.74) is 5.30. The Labute approximate surface area is 128 Å². The third-order valence-corrected chi connectivity index (χ3v) is 6.70. The molecule has 21 heavy (non-hydrogen) atoms. The van der Waals surface area contributed by atoms with Crippen LogP contribution in [0.4, 0.5) is 5.69 Å². The highest BCUT2D eigenvalue weighted by molar-refractivity contribution is 5.61. The van der Waals surface area contributed by atoms with Crippen LogP contribution in [0.1, 0.15) is 51.2 Å². The maximum Gasteiger partial charge on any atom is 0.0419 e. The highest BCUT2D eigenvalue weighted by Gasteiger charge is 2.58. The SMILES string of the molecule is CC12CCC(C1)C(C)(C)C2NCc1cccc2c1NCC2. The number of benzene rings is 1. The van der Waals surface area contributed by atoms with Crippen molar-refractivity contribution in [3.63, 3.8) is 0 Å². The van der Waals surface area contributed by atoms with Gasteiger partial charge in [-0.2, -0.15) is 0 Å². The molecule has 4 rings (SSSR count). The minimum Gasteiger partial charge on any atom is -0.384 e. The maximum absolute atomic E-state index is 3.95. The molecular formula is C19H28N2. The van der Waals surface area contributed by atoms with Crippen molar-refractivity contribution in [2.45, 2.75) is 59.0 Å². The highest BCUT2D eigenvalue weighted by atomic mass is 15.0. The monoisotopic (exact) mass is 284 g/mol. The standard InChI is InChI=1S/C19H28N2/c1-18(2)15-7-9-19(3,11-15)17(18)21-12-14-6-4-5-13-8-10-20-16(13)14/h4-6,15,17,20-21H,7-12H2,1-3H3. The number of hydrogen-bond donors (Lipinski definition) is 2. The van der Waals surface area contributed by atoms with Gasteiger partial charge >= 0.3 is 0 Å². The Morgan fingerprint density at radius 3 is 2.90 bits per heavy atom. The molecule has 114 valence electrons. The second-order valence-corrected chi connectivity index (χ2v) is 8.36. The van der Waals surface area contributed by atoms with Crippen LogP contribution in [-0.4, -0.2) is 12.6 Å². The van der Waals surface area contributed by atoms with E-state index >= 15 is 0 Å². The fraction of sp³-hybridized carbons (Fsp3) is 0.684. The van der Waals surface area contributed by atoms with Gasteiger partial charge in [-0.25, -0.2) is 0 Å². The zero-order valence-corrected chi connectivity index (χ0v) is 13.6. The summed E-state index contributed by atoms with van der Waals surface area (Å²) in [5.74, 6) is 0.916. The van der Waals surface area contributed by atoms with E-state index < -0.39 is 0 Å². The van der Waals surface area contributed by atoms with E-state index in [0.717, 1.165) is 19.0 Å². The van der Waals surface area contributed by atoms with Gasteiger partial charge in [-0.1, -0.05) is 39.0 Å². The average molecular weight is 284 g/mol. The van der Waals surface area contributed by atoms with Gasteiger partial charge in [-0.15, -0.1) is 0 Å². The summed E-state index contributed by atoms with van der Waals surface area (Å²) >= 11 is 0. The zero-order chi connectivity index (χ0) is 14.7. The molecule has 2 nitrogen and oxygen atoms in total. The van der Waals surface area contributed by atoms with Crippen molar-refractivity contribution in [1.29, 1.82) is 0 Å². The number of anilines is 1. The molecule has 1 heterocycles. The van der Waals surface area contributed by atoms with E-state index in [1.807, 2.05) is 0 Å². The summed E-state index contributed by atoms with van der Waals surface area (Å²) in [6, 6.07) is 7.42. The molecule has 3 atom stereocenters. The predicted octanol–water partition coefficient (Wildman–Crippen LogP) is 3.96. The van der Waals surface area contributed by atoms with E-state index in [4.69, 9.17) is 0 Å². The molecule has 2 aliphatic carbocycles. The molecule has 2 fully saturated rings. The first-order valence-electron chi connectivity index (χ1n) is 8.59. The lowest BCUT2D eigenvalue weighted by Crippen LogP contribution is -2.49. The van der Waals surface area contributed by atoms with E-state index in [-0.39, 0.29) is 0 Å². The lowest BCUT2D eigenvalue weighted by Gasteiger charge is -2.43. The van der Waals surface area contributed by atoms with Crippen molar-refractivity contribution in [2.75, 3.05) is 11.9 Å². The molecule has 3 unspecified atom stereocenters. The Balaban J connectivity index is 1.54. The minimum absolute atomic E-state index is 0.443. The van der Waals surface area contributed by atoms with E-state index in [9.17, 15) is 0 Å². The molecule has 2 saturated carbocycles. The quantitative estimate of drug-likeness (QED) is 0.878. The smallest absolute Gasteiger partial charge is 0.0419 e. The van der Waals surface area contributed by atoms with Gasteiger partial charge in [0.15, 0.2) is 0 Å². The molecule has 0 radical (unpaired) electrons. The molecule has 0 amide bonds. The van der Waals surface area contributed by atoms with Crippen molar-refractivity contribution in [2.24, 2.45) is 16.7 Å². The molecule has 0 spiro atoms. The Hall–Kier alpha value is -1.02. The Bertz CT molecular complexity index is 558. The van der Waals surface area contributed by atoms with Crippen molar-refractivity contribution in [1.82, 2.24) is 5.32 Å². The molecule has 2 bridgehead atoms. The summed E-state index contributed by atoms with van der Waals surface area (Å²) in [4.78, 5) is 0. The molecule has 0 saturated heterocycles. The summed E-state index contributed by atoms with van der Waals surface area (Å²) in [7, 11) is 0. The number of hydrogen-bond acceptors (Lipinski definition) is 2. The molecule has 1 aromatic carbocycles. The van der Waals surface area contributed by atoms with Crippen molar-refractivity contribution in [3.05, 3.63) is 29.3 Å². The van der Waals surface area contributed by atoms with Crippen LogP contribution < -0.4 is 10.6 Å². The second kappa shape index (κ2) is 4.49. The van der Waals surface area contributed by atoms with Gasteiger partial charge in [-0.3, -0.25) is 0 Å². The largest absolute Gasteiger partial charge is 0.384 e. The van der Waals surface area contributed by atoms with E-state index in [0.29, 0.717) is 16.9 Å². The fourth-order valence-electron chi connectivity index (χ4n) is 5.58. The van der Waals surface area contributed by atoms with Gasteiger partial charge in [0.1, 0.15) is 0 Å². The van der Waals surface area contributed by atoms with Crippen LogP contribution in [0, 0.1) is 16.7 Å². The third kappa shape index (κ3) is 1.95. The van der Waals surface area contributed by atoms with Crippen LogP contribution in [-0.2, 0) is 13.0 Å². The molecule has 0 aromatic heterocycles. The number of para-hydroxylation sites is 1. The van der Waals surface area contributed by atoms with Crippen molar-refractivity contribution < 1.29 is 0 Å². The van der Waals surface area contributed by atoms with Gasteiger partial charge in [0.2, 0.25) is 0 Å². The van der Waals surface area contributed by atoms with E-state index in [1.165, 1.54) is 42.5 Å². The zero-order valence-electron chi connectivity index (χ0n) is 13.6. The highest BCUT2D eigenvalue weighted by Crippen LogP contribution is 2.62. The van der Waals surface area contributed by atoms with Crippen LogP contribution in [0.3, 0.4) is 0 Å². The third-order valence-electron chi connectivity index (χ3n) is 6.70. The fourth-order valence-corrected chi connectivity index (χ4v) is 5.58. The lowest BCUT2D eigenvalue weighted by molar-refractivity contribution is 0.108. The van der Waals surface area contributed by atoms with E-state index in [2.05, 4.69) is 49.6 Å². The molecule has 1 aromatic rings. The first-order valence-corrected chi connectivity index (χ1v) is 8.59. The molecule has 1 aliphatic heterocycles. The van der Waals surface area contributed by atoms with Crippen LogP contribution in [0.15, 0.2) is 18.2 Å². The van der Waals surface area contributed by atoms with Gasteiger partial charge < -0.3 is 10.6 Å². The second-order valence-electron chi connectivity index (χ2n) is 8.36. The van der Waals surface area contributed by atoms with Gasteiger partial charge in [-0.05, 0) is 53.6 Å². The van der Waals surface area contributed by atoms with E-state index in [1.54, 1.807) is 0 Å². The topological polar surface area (TPSA) is 24.1 Å². The summed E-state index contributed by atoms with van der Waals surface area (Å²) in [6.07, 6.45) is 5.44. The lowest BCUT2D eigenvalue weighted by atomic mass is 9.68. The minimum atomic E-state index is 0.443. The summed E-state index contributed by atoms with van der Waals surface area (Å²) in [6.45, 7) is 9.57. The van der Waals surface area contributed by atoms with Gasteiger partial charge in [0, 0.05) is 24.8 Å². The Morgan fingerprint density at radius 2 is 2.14 bits per heavy atom. The molecule has 3 aliphatic rings. The Morgan fingerprint density at radius 1 is 1.29 bits per heavy atom. The van der Waals surface area contributed by atoms with Gasteiger partial charge in [0.05, 0.1) is 0 Å². The van der Waals surface area contributed by atoms with Crippen LogP contribution in [0.5, 0.6) is 0 Å².